The van der Waals surface area contributed by atoms with E-state index in [0.29, 0.717) is 27.4 Å². The number of pyridine rings is 1. The summed E-state index contributed by atoms with van der Waals surface area (Å²) in [6, 6.07) is 16.5. The first-order valence-corrected chi connectivity index (χ1v) is 9.51. The molecule has 0 fully saturated rings. The van der Waals surface area contributed by atoms with Crippen LogP contribution in [0.25, 0.3) is 0 Å². The molecule has 1 amide bonds. The second-order valence-electron chi connectivity index (χ2n) is 5.73. The molecule has 0 atom stereocenters. The first-order chi connectivity index (χ1) is 13.1. The number of halogens is 1. The van der Waals surface area contributed by atoms with Gasteiger partial charge in [0.25, 0.3) is 0 Å². The maximum atomic E-state index is 12.0. The Kier molecular flexibility index (Phi) is 6.57. The molecule has 0 unspecified atom stereocenters. The van der Waals surface area contributed by atoms with Crippen LogP contribution in [0.15, 0.2) is 60.8 Å². The Morgan fingerprint density at radius 1 is 1.04 bits per heavy atom. The molecule has 0 aliphatic carbocycles. The van der Waals surface area contributed by atoms with Gasteiger partial charge in [0.1, 0.15) is 6.61 Å². The van der Waals surface area contributed by atoms with Crippen molar-refractivity contribution >= 4 is 40.3 Å². The maximum Gasteiger partial charge on any atom is 0.224 e. The number of Topliss-reactive ketones (excluding diaryl/α,β-unsaturated/α-hetero) is 1. The zero-order chi connectivity index (χ0) is 19.1. The Morgan fingerprint density at radius 2 is 1.85 bits per heavy atom. The largest absolute Gasteiger partial charge is 0.473 e. The maximum absolute atomic E-state index is 12.0. The number of anilines is 1. The van der Waals surface area contributed by atoms with Gasteiger partial charge >= 0.3 is 0 Å². The summed E-state index contributed by atoms with van der Waals surface area (Å²) in [5.41, 5.74) is 1.60. The minimum Gasteiger partial charge on any atom is -0.473 e. The molecule has 27 heavy (non-hydrogen) atoms. The molecule has 0 bridgehead atoms. The van der Waals surface area contributed by atoms with Gasteiger partial charge in [-0.1, -0.05) is 41.9 Å². The number of hydrogen-bond donors (Lipinski definition) is 1. The lowest BCUT2D eigenvalue weighted by Crippen LogP contribution is -2.13. The van der Waals surface area contributed by atoms with Crippen molar-refractivity contribution < 1.29 is 14.3 Å². The van der Waals surface area contributed by atoms with E-state index in [1.54, 1.807) is 24.3 Å². The van der Waals surface area contributed by atoms with Crippen molar-refractivity contribution in [2.24, 2.45) is 0 Å². The predicted octanol–water partition coefficient (Wildman–Crippen LogP) is 4.98. The van der Waals surface area contributed by atoms with E-state index in [4.69, 9.17) is 16.3 Å². The van der Waals surface area contributed by atoms with Crippen molar-refractivity contribution in [1.29, 1.82) is 0 Å². The minimum absolute atomic E-state index is 0.0927. The summed E-state index contributed by atoms with van der Waals surface area (Å²) in [5, 5.41) is 2.72. The van der Waals surface area contributed by atoms with Crippen molar-refractivity contribution in [3.05, 3.63) is 75.6 Å². The van der Waals surface area contributed by atoms with E-state index >= 15 is 0 Å². The van der Waals surface area contributed by atoms with Crippen molar-refractivity contribution in [3.8, 4) is 5.88 Å². The van der Waals surface area contributed by atoms with E-state index in [1.165, 1.54) is 17.5 Å². The lowest BCUT2D eigenvalue weighted by molar-refractivity contribution is -0.116. The molecule has 0 aliphatic rings. The third kappa shape index (κ3) is 5.91. The van der Waals surface area contributed by atoms with Crippen LogP contribution in [-0.4, -0.2) is 16.7 Å². The number of thiophene rings is 1. The fraction of sp³-hybridized carbons (Fsp3) is 0.150. The summed E-state index contributed by atoms with van der Waals surface area (Å²) >= 11 is 7.03. The SMILES string of the molecule is O=C(CCC(=O)c1ccc(Cl)s1)Nc1ccc(OCc2ccccc2)nc1. The minimum atomic E-state index is -0.245. The van der Waals surface area contributed by atoms with Crippen LogP contribution in [0.3, 0.4) is 0 Å². The molecule has 2 heterocycles. The zero-order valence-corrected chi connectivity index (χ0v) is 15.9. The topological polar surface area (TPSA) is 68.3 Å². The van der Waals surface area contributed by atoms with Gasteiger partial charge in [-0.2, -0.15) is 0 Å². The molecule has 0 saturated carbocycles. The van der Waals surface area contributed by atoms with E-state index in [9.17, 15) is 9.59 Å². The number of ether oxygens (including phenoxy) is 1. The number of benzene rings is 1. The van der Waals surface area contributed by atoms with Gasteiger partial charge in [-0.15, -0.1) is 11.3 Å². The van der Waals surface area contributed by atoms with Crippen LogP contribution in [0.5, 0.6) is 5.88 Å². The van der Waals surface area contributed by atoms with Crippen LogP contribution in [0, 0.1) is 0 Å². The number of nitrogens with zero attached hydrogens (tertiary/aromatic N) is 1. The van der Waals surface area contributed by atoms with E-state index in [-0.39, 0.29) is 24.5 Å². The lowest BCUT2D eigenvalue weighted by atomic mass is 10.2. The molecule has 2 aromatic heterocycles. The number of nitrogens with one attached hydrogen (secondary N) is 1. The average molecular weight is 401 g/mol. The van der Waals surface area contributed by atoms with Crippen LogP contribution in [0.2, 0.25) is 4.34 Å². The third-order valence-corrected chi connectivity index (χ3v) is 4.95. The second-order valence-corrected chi connectivity index (χ2v) is 7.45. The quantitative estimate of drug-likeness (QED) is 0.541. The van der Waals surface area contributed by atoms with Gasteiger partial charge in [-0.3, -0.25) is 9.59 Å². The smallest absolute Gasteiger partial charge is 0.224 e. The molecule has 0 radical (unpaired) electrons. The molecule has 1 N–H and O–H groups in total. The van der Waals surface area contributed by atoms with Gasteiger partial charge in [0.2, 0.25) is 11.8 Å². The first-order valence-electron chi connectivity index (χ1n) is 8.31. The van der Waals surface area contributed by atoms with Crippen LogP contribution in [0.1, 0.15) is 28.1 Å². The molecule has 5 nitrogen and oxygen atoms in total. The van der Waals surface area contributed by atoms with Crippen molar-refractivity contribution in [2.45, 2.75) is 19.4 Å². The van der Waals surface area contributed by atoms with Crippen LogP contribution >= 0.6 is 22.9 Å². The second kappa shape index (κ2) is 9.30. The van der Waals surface area contributed by atoms with E-state index < -0.39 is 0 Å². The molecule has 3 aromatic rings. The molecule has 0 saturated heterocycles. The predicted molar refractivity (Wildman–Crippen MR) is 107 cm³/mol. The number of carbonyl (C=O) groups is 2. The third-order valence-electron chi connectivity index (χ3n) is 3.68. The fourth-order valence-electron chi connectivity index (χ4n) is 2.31. The Hall–Kier alpha value is -2.70. The van der Waals surface area contributed by atoms with Crippen molar-refractivity contribution in [3.63, 3.8) is 0 Å². The van der Waals surface area contributed by atoms with E-state index in [2.05, 4.69) is 10.3 Å². The van der Waals surface area contributed by atoms with Gasteiger partial charge in [-0.05, 0) is 23.8 Å². The highest BCUT2D eigenvalue weighted by molar-refractivity contribution is 7.18. The summed E-state index contributed by atoms with van der Waals surface area (Å²) in [4.78, 5) is 28.7. The Morgan fingerprint density at radius 3 is 2.52 bits per heavy atom. The number of hydrogen-bond acceptors (Lipinski definition) is 5. The summed E-state index contributed by atoms with van der Waals surface area (Å²) in [5.74, 6) is 0.136. The number of carbonyl (C=O) groups excluding carboxylic acids is 2. The molecular weight excluding hydrogens is 384 g/mol. The molecule has 1 aromatic carbocycles. The van der Waals surface area contributed by atoms with Gasteiger partial charge in [0.15, 0.2) is 5.78 Å². The molecular formula is C20H17ClN2O3S. The average Bonchev–Trinajstić information content (AvgIpc) is 3.13. The van der Waals surface area contributed by atoms with Crippen molar-refractivity contribution in [1.82, 2.24) is 4.98 Å². The highest BCUT2D eigenvalue weighted by Crippen LogP contribution is 2.23. The zero-order valence-electron chi connectivity index (χ0n) is 14.4. The summed E-state index contributed by atoms with van der Waals surface area (Å²) in [6.07, 6.45) is 1.76. The van der Waals surface area contributed by atoms with Crippen LogP contribution in [-0.2, 0) is 11.4 Å². The fourth-order valence-corrected chi connectivity index (χ4v) is 3.32. The monoisotopic (exact) mass is 400 g/mol. The summed E-state index contributed by atoms with van der Waals surface area (Å²) in [7, 11) is 0. The van der Waals surface area contributed by atoms with E-state index in [1.807, 2.05) is 30.3 Å². The molecule has 138 valence electrons. The van der Waals surface area contributed by atoms with Gasteiger partial charge in [0.05, 0.1) is 21.1 Å². The summed E-state index contributed by atoms with van der Waals surface area (Å²) < 4.78 is 6.16. The molecule has 3 rings (SSSR count). The summed E-state index contributed by atoms with van der Waals surface area (Å²) in [6.45, 7) is 0.425. The molecule has 0 aliphatic heterocycles. The first kappa shape index (κ1) is 19.1. The van der Waals surface area contributed by atoms with Gasteiger partial charge < -0.3 is 10.1 Å². The van der Waals surface area contributed by atoms with E-state index in [0.717, 1.165) is 5.56 Å². The standard InChI is InChI=1S/C20H17ClN2O3S/c21-18-9-8-17(27-18)16(24)7-10-19(25)23-15-6-11-20(22-12-15)26-13-14-4-2-1-3-5-14/h1-6,8-9,11-12H,7,10,13H2,(H,23,25). The van der Waals surface area contributed by atoms with Crippen LogP contribution in [0.4, 0.5) is 5.69 Å². The van der Waals surface area contributed by atoms with Crippen LogP contribution < -0.4 is 10.1 Å². The number of rotatable bonds is 8. The number of amides is 1. The Labute approximate surface area is 166 Å². The Bertz CT molecular complexity index is 910. The van der Waals surface area contributed by atoms with Gasteiger partial charge in [-0.25, -0.2) is 4.98 Å². The Balaban J connectivity index is 1.44. The molecule has 7 heteroatoms. The number of aromatic nitrogens is 1. The van der Waals surface area contributed by atoms with Gasteiger partial charge in [0, 0.05) is 18.9 Å². The highest BCUT2D eigenvalue weighted by Gasteiger charge is 2.12. The number of ketones is 1. The highest BCUT2D eigenvalue weighted by atomic mass is 35.5. The lowest BCUT2D eigenvalue weighted by Gasteiger charge is -2.07. The van der Waals surface area contributed by atoms with Crippen molar-refractivity contribution in [2.75, 3.05) is 5.32 Å². The molecule has 0 spiro atoms. The normalized spacial score (nSPS) is 10.4.